The highest BCUT2D eigenvalue weighted by Gasteiger charge is 1.94. The van der Waals surface area contributed by atoms with Crippen molar-refractivity contribution >= 4 is 20.4 Å². The molecule has 1 aliphatic rings. The molecule has 0 atom stereocenters. The van der Waals surface area contributed by atoms with Crippen LogP contribution >= 0.6 is 8.25 Å². The fraction of sp³-hybridized carbons (Fsp3) is 0. The van der Waals surface area contributed by atoms with E-state index in [0.717, 1.165) is 0 Å². The largest absolute Gasteiger partial charge is 0.692 e. The zero-order chi connectivity index (χ0) is 8.97. The maximum absolute atomic E-state index is 8.70. The number of hydrogen-bond donors (Lipinski definition) is 2. The molecular weight excluding hydrogens is 175 g/mol. The van der Waals surface area contributed by atoms with Crippen molar-refractivity contribution in [2.75, 3.05) is 0 Å². The highest BCUT2D eigenvalue weighted by molar-refractivity contribution is 7.30. The molecule has 0 saturated heterocycles. The summed E-state index contributed by atoms with van der Waals surface area (Å²) in [5.74, 6) is 0. The summed E-state index contributed by atoms with van der Waals surface area (Å²) in [6.45, 7) is 0. The highest BCUT2D eigenvalue weighted by atomic mass is 31.1. The predicted molar refractivity (Wildman–Crippen MR) is 47.4 cm³/mol. The van der Waals surface area contributed by atoms with E-state index in [2.05, 4.69) is 36.4 Å². The molecule has 1 aromatic carbocycles. The molecule has 0 unspecified atom stereocenters. The Bertz CT molecular complexity index is 295. The number of benzene rings is 1. The summed E-state index contributed by atoms with van der Waals surface area (Å²) in [6.07, 6.45) is 4.24. The van der Waals surface area contributed by atoms with E-state index in [1.54, 1.807) is 0 Å². The van der Waals surface area contributed by atoms with Gasteiger partial charge in [0.1, 0.15) is 0 Å². The number of fused-ring (bicyclic) bond motifs is 2. The van der Waals surface area contributed by atoms with Crippen LogP contribution in [0.3, 0.4) is 0 Å². The average Bonchev–Trinajstić information content (AvgIpc) is 2.30. The van der Waals surface area contributed by atoms with Crippen molar-refractivity contribution in [1.29, 1.82) is 0 Å². The summed E-state index contributed by atoms with van der Waals surface area (Å²) < 4.78 is 8.70. The topological polar surface area (TPSA) is 57.5 Å². The van der Waals surface area contributed by atoms with Gasteiger partial charge in [-0.1, -0.05) is 30.4 Å². The zero-order valence-corrected chi connectivity index (χ0v) is 7.11. The van der Waals surface area contributed by atoms with Crippen LogP contribution in [-0.4, -0.2) is 9.79 Å². The molecule has 1 aromatic rings. The third kappa shape index (κ3) is 2.93. The van der Waals surface area contributed by atoms with E-state index in [-0.39, 0.29) is 0 Å². The molecule has 2 bridgehead atoms. The van der Waals surface area contributed by atoms with Crippen LogP contribution in [0.1, 0.15) is 11.1 Å². The molecule has 62 valence electrons. The van der Waals surface area contributed by atoms with Crippen molar-refractivity contribution in [3.05, 3.63) is 35.4 Å². The lowest BCUT2D eigenvalue weighted by molar-refractivity contribution is 0.405. The molecule has 4 heteroatoms. The van der Waals surface area contributed by atoms with E-state index >= 15 is 0 Å². The van der Waals surface area contributed by atoms with E-state index in [4.69, 9.17) is 14.4 Å². The Morgan fingerprint density at radius 3 is 1.83 bits per heavy atom. The average molecular weight is 183 g/mol. The minimum Gasteiger partial charge on any atom is -0.134 e. The second-order valence-corrected chi connectivity index (χ2v) is 2.76. The molecule has 0 heterocycles. The SMILES string of the molecule is C1=Cc2cccc1c2.O=[P+](O)O. The van der Waals surface area contributed by atoms with E-state index in [9.17, 15) is 0 Å². The van der Waals surface area contributed by atoms with Crippen LogP contribution in [0.15, 0.2) is 24.3 Å². The van der Waals surface area contributed by atoms with Gasteiger partial charge in [0.2, 0.25) is 0 Å². The maximum atomic E-state index is 8.70. The number of hydrogen-bond acceptors (Lipinski definition) is 1. The lowest BCUT2D eigenvalue weighted by Crippen LogP contribution is -1.63. The van der Waals surface area contributed by atoms with Crippen molar-refractivity contribution in [3.63, 3.8) is 0 Å². The quantitative estimate of drug-likeness (QED) is 0.612. The molecule has 0 amide bonds. The number of rotatable bonds is 0. The first kappa shape index (κ1) is 9.07. The molecule has 12 heavy (non-hydrogen) atoms. The van der Waals surface area contributed by atoms with Crippen LogP contribution in [0, 0.1) is 0 Å². The second kappa shape index (κ2) is 4.12. The highest BCUT2D eigenvalue weighted by Crippen LogP contribution is 2.16. The molecule has 0 fully saturated rings. The molecule has 1 aliphatic carbocycles. The minimum absolute atomic E-state index is 1.32. The summed E-state index contributed by atoms with van der Waals surface area (Å²) in [7, 11) is -2.87. The van der Waals surface area contributed by atoms with Crippen molar-refractivity contribution in [2.45, 2.75) is 0 Å². The van der Waals surface area contributed by atoms with Gasteiger partial charge in [-0.15, -0.1) is 9.79 Å². The van der Waals surface area contributed by atoms with Crippen molar-refractivity contribution in [1.82, 2.24) is 0 Å². The van der Waals surface area contributed by atoms with Gasteiger partial charge in [0, 0.05) is 4.57 Å². The Balaban J connectivity index is 0.000000157. The van der Waals surface area contributed by atoms with Crippen LogP contribution in [-0.2, 0) is 4.57 Å². The van der Waals surface area contributed by atoms with Gasteiger partial charge < -0.3 is 0 Å². The summed E-state index contributed by atoms with van der Waals surface area (Å²) in [5, 5.41) is 0. The van der Waals surface area contributed by atoms with Gasteiger partial charge in [-0.25, -0.2) is 0 Å². The van der Waals surface area contributed by atoms with Gasteiger partial charge >= 0.3 is 8.25 Å². The van der Waals surface area contributed by atoms with Gasteiger partial charge in [0.15, 0.2) is 0 Å². The Morgan fingerprint density at radius 2 is 1.50 bits per heavy atom. The Labute approximate surface area is 70.9 Å². The fourth-order valence-electron chi connectivity index (χ4n) is 0.959. The lowest BCUT2D eigenvalue weighted by atomic mass is 10.2. The van der Waals surface area contributed by atoms with Gasteiger partial charge in [-0.05, 0) is 17.2 Å². The van der Waals surface area contributed by atoms with Gasteiger partial charge in [-0.2, -0.15) is 0 Å². The summed E-state index contributed by atoms with van der Waals surface area (Å²) in [5.41, 5.74) is 2.64. The zero-order valence-electron chi connectivity index (χ0n) is 6.21. The van der Waals surface area contributed by atoms with Crippen LogP contribution in [0.4, 0.5) is 0 Å². The first-order valence-electron chi connectivity index (χ1n) is 3.31. The molecule has 3 nitrogen and oxygen atoms in total. The Hall–Kier alpha value is -1.02. The third-order valence-corrected chi connectivity index (χ3v) is 1.38. The van der Waals surface area contributed by atoms with Gasteiger partial charge in [0.25, 0.3) is 0 Å². The first-order valence-corrected chi connectivity index (χ1v) is 4.48. The fourth-order valence-corrected chi connectivity index (χ4v) is 0.959. The maximum Gasteiger partial charge on any atom is 0.692 e. The normalized spacial score (nSPS) is 10.5. The Morgan fingerprint density at radius 1 is 1.08 bits per heavy atom. The smallest absolute Gasteiger partial charge is 0.134 e. The van der Waals surface area contributed by atoms with Gasteiger partial charge in [-0.3, -0.25) is 0 Å². The molecule has 0 saturated carbocycles. The second-order valence-electron chi connectivity index (χ2n) is 2.26. The molecule has 2 N–H and O–H groups in total. The van der Waals surface area contributed by atoms with Crippen LogP contribution in [0.25, 0.3) is 12.2 Å². The molecular formula is C8H8O3P+. The van der Waals surface area contributed by atoms with Crippen molar-refractivity contribution < 1.29 is 14.4 Å². The van der Waals surface area contributed by atoms with Crippen LogP contribution in [0.5, 0.6) is 0 Å². The van der Waals surface area contributed by atoms with E-state index < -0.39 is 8.25 Å². The first-order chi connectivity index (χ1) is 5.68. The summed E-state index contributed by atoms with van der Waals surface area (Å²) >= 11 is 0. The van der Waals surface area contributed by atoms with E-state index in [1.807, 2.05) is 0 Å². The molecule has 2 rings (SSSR count). The predicted octanol–water partition coefficient (Wildman–Crippen LogP) is 1.80. The van der Waals surface area contributed by atoms with Crippen LogP contribution in [0.2, 0.25) is 0 Å². The molecule has 0 aromatic heterocycles. The standard InChI is InChI=1S/C8H6.HO3P/c1-2-7-4-5-8(3-1)6-7;1-4(2)3/h1-6H;(H-,1,2,3)/p+1. The van der Waals surface area contributed by atoms with Crippen molar-refractivity contribution in [2.24, 2.45) is 0 Å². The van der Waals surface area contributed by atoms with E-state index in [0.29, 0.717) is 0 Å². The third-order valence-electron chi connectivity index (χ3n) is 1.38. The molecule has 0 radical (unpaired) electrons. The van der Waals surface area contributed by atoms with Gasteiger partial charge in [0.05, 0.1) is 0 Å². The summed E-state index contributed by atoms with van der Waals surface area (Å²) in [6, 6.07) is 8.45. The minimum atomic E-state index is -2.87. The monoisotopic (exact) mass is 183 g/mol. The molecule has 0 spiro atoms. The molecule has 0 aliphatic heterocycles. The Kier molecular flexibility index (Phi) is 3.11. The lowest BCUT2D eigenvalue weighted by Gasteiger charge is -1.83. The van der Waals surface area contributed by atoms with E-state index in [1.165, 1.54) is 11.1 Å². The van der Waals surface area contributed by atoms with Crippen molar-refractivity contribution in [3.8, 4) is 0 Å². The summed E-state index contributed by atoms with van der Waals surface area (Å²) in [4.78, 5) is 14.2. The van der Waals surface area contributed by atoms with Crippen LogP contribution < -0.4 is 0 Å².